The summed E-state index contributed by atoms with van der Waals surface area (Å²) in [5.41, 5.74) is 0. The van der Waals surface area contributed by atoms with Gasteiger partial charge >= 0.3 is 0 Å². The molecule has 1 unspecified atom stereocenters. The molecule has 0 amide bonds. The number of Topliss-reactive ketones (excluding diaryl/α,β-unsaturated/α-hetero) is 1. The third kappa shape index (κ3) is 3.04. The molecule has 2 aliphatic carbocycles. The molecule has 0 heterocycles. The highest BCUT2D eigenvalue weighted by Gasteiger charge is 2.35. The lowest BCUT2D eigenvalue weighted by atomic mass is 9.92. The van der Waals surface area contributed by atoms with E-state index in [0.29, 0.717) is 11.8 Å². The first-order chi connectivity index (χ1) is 7.31. The van der Waals surface area contributed by atoms with Gasteiger partial charge < -0.3 is 0 Å². The van der Waals surface area contributed by atoms with Crippen molar-refractivity contribution in [2.45, 2.75) is 70.4 Å². The second-order valence-electron chi connectivity index (χ2n) is 5.11. The quantitative estimate of drug-likeness (QED) is 0.694. The molecule has 86 valence electrons. The summed E-state index contributed by atoms with van der Waals surface area (Å²) in [6, 6.07) is 1.41. The molecule has 2 aliphatic rings. The van der Waals surface area contributed by atoms with Gasteiger partial charge in [0.15, 0.2) is 0 Å². The van der Waals surface area contributed by atoms with E-state index in [1.807, 2.05) is 0 Å². The number of unbranched alkanes of at least 4 members (excludes halogenated alkanes) is 1. The highest BCUT2D eigenvalue weighted by Crippen LogP contribution is 2.33. The Balaban J connectivity index is 1.87. The van der Waals surface area contributed by atoms with Crippen LogP contribution in [0.2, 0.25) is 0 Å². The fourth-order valence-corrected chi connectivity index (χ4v) is 2.70. The summed E-state index contributed by atoms with van der Waals surface area (Å²) in [5.74, 6) is 0.494. The Morgan fingerprint density at radius 3 is 2.67 bits per heavy atom. The van der Waals surface area contributed by atoms with Crippen molar-refractivity contribution >= 4 is 5.78 Å². The van der Waals surface area contributed by atoms with Crippen LogP contribution in [0.25, 0.3) is 0 Å². The van der Waals surface area contributed by atoms with Crippen molar-refractivity contribution in [3.05, 3.63) is 0 Å². The molecule has 0 bridgehead atoms. The number of carbonyl (C=O) groups is 1. The van der Waals surface area contributed by atoms with Gasteiger partial charge in [0.05, 0.1) is 0 Å². The lowest BCUT2D eigenvalue weighted by Crippen LogP contribution is -2.41. The van der Waals surface area contributed by atoms with Crippen molar-refractivity contribution in [3.63, 3.8) is 0 Å². The average Bonchev–Trinajstić information content (AvgIpc) is 3.03. The first kappa shape index (κ1) is 11.1. The van der Waals surface area contributed by atoms with Crippen molar-refractivity contribution < 1.29 is 4.79 Å². The zero-order valence-electron chi connectivity index (χ0n) is 9.87. The highest BCUT2D eigenvalue weighted by atomic mass is 16.1. The van der Waals surface area contributed by atoms with Crippen molar-refractivity contribution in [1.82, 2.24) is 4.90 Å². The fourth-order valence-electron chi connectivity index (χ4n) is 2.70. The molecule has 0 spiro atoms. The van der Waals surface area contributed by atoms with E-state index in [4.69, 9.17) is 0 Å². The van der Waals surface area contributed by atoms with Crippen LogP contribution in [-0.2, 0) is 4.79 Å². The largest absolute Gasteiger partial charge is 0.300 e. The second-order valence-corrected chi connectivity index (χ2v) is 5.11. The average molecular weight is 209 g/mol. The molecule has 0 aromatic rings. The van der Waals surface area contributed by atoms with Gasteiger partial charge in [-0.2, -0.15) is 0 Å². The van der Waals surface area contributed by atoms with Crippen molar-refractivity contribution in [2.75, 3.05) is 6.54 Å². The summed E-state index contributed by atoms with van der Waals surface area (Å²) in [6.07, 6.45) is 9.35. The summed E-state index contributed by atoms with van der Waals surface area (Å²) >= 11 is 0. The molecule has 0 aromatic heterocycles. The lowest BCUT2D eigenvalue weighted by molar-refractivity contribution is -0.122. The summed E-state index contributed by atoms with van der Waals surface area (Å²) in [6.45, 7) is 3.47. The Kier molecular flexibility index (Phi) is 3.79. The number of rotatable bonds is 5. The molecule has 0 aliphatic heterocycles. The van der Waals surface area contributed by atoms with E-state index in [1.54, 1.807) is 0 Å². The standard InChI is InChI=1S/C13H23NO/c1-2-3-9-14(11-7-8-11)12-5-4-6-13(15)10-12/h11-12H,2-10H2,1H3. The van der Waals surface area contributed by atoms with Crippen LogP contribution in [-0.4, -0.2) is 29.3 Å². The van der Waals surface area contributed by atoms with Crippen LogP contribution < -0.4 is 0 Å². The topological polar surface area (TPSA) is 20.3 Å². The maximum atomic E-state index is 11.5. The van der Waals surface area contributed by atoms with Crippen LogP contribution in [0.15, 0.2) is 0 Å². The van der Waals surface area contributed by atoms with E-state index in [1.165, 1.54) is 38.6 Å². The third-order valence-corrected chi connectivity index (χ3v) is 3.71. The van der Waals surface area contributed by atoms with Gasteiger partial charge in [0.25, 0.3) is 0 Å². The van der Waals surface area contributed by atoms with Crippen LogP contribution in [0.5, 0.6) is 0 Å². The van der Waals surface area contributed by atoms with Gasteiger partial charge in [0.2, 0.25) is 0 Å². The fraction of sp³-hybridized carbons (Fsp3) is 0.923. The van der Waals surface area contributed by atoms with E-state index >= 15 is 0 Å². The molecule has 15 heavy (non-hydrogen) atoms. The maximum Gasteiger partial charge on any atom is 0.134 e. The van der Waals surface area contributed by atoms with Gasteiger partial charge in [-0.05, 0) is 38.6 Å². The van der Waals surface area contributed by atoms with Gasteiger partial charge in [0, 0.05) is 24.9 Å². The number of carbonyl (C=O) groups excluding carboxylic acids is 1. The van der Waals surface area contributed by atoms with Crippen molar-refractivity contribution in [1.29, 1.82) is 0 Å². The van der Waals surface area contributed by atoms with Gasteiger partial charge in [-0.3, -0.25) is 9.69 Å². The van der Waals surface area contributed by atoms with E-state index in [0.717, 1.165) is 25.3 Å². The predicted octanol–water partition coefficient (Wildman–Crippen LogP) is 2.76. The minimum Gasteiger partial charge on any atom is -0.300 e. The lowest BCUT2D eigenvalue weighted by Gasteiger charge is -2.33. The number of hydrogen-bond donors (Lipinski definition) is 0. The molecule has 2 fully saturated rings. The molecule has 0 radical (unpaired) electrons. The summed E-state index contributed by atoms with van der Waals surface area (Å²) in [4.78, 5) is 14.1. The summed E-state index contributed by atoms with van der Waals surface area (Å²) in [7, 11) is 0. The third-order valence-electron chi connectivity index (χ3n) is 3.71. The second kappa shape index (κ2) is 5.11. The van der Waals surface area contributed by atoms with E-state index < -0.39 is 0 Å². The Labute approximate surface area is 93.0 Å². The van der Waals surface area contributed by atoms with Crippen LogP contribution in [0, 0.1) is 0 Å². The Morgan fingerprint density at radius 1 is 1.27 bits per heavy atom. The monoisotopic (exact) mass is 209 g/mol. The SMILES string of the molecule is CCCCN(C1CC1)C1CCCC(=O)C1. The molecule has 2 saturated carbocycles. The van der Waals surface area contributed by atoms with Gasteiger partial charge in [-0.1, -0.05) is 13.3 Å². The van der Waals surface area contributed by atoms with Crippen LogP contribution in [0.3, 0.4) is 0 Å². The van der Waals surface area contributed by atoms with E-state index in [-0.39, 0.29) is 0 Å². The van der Waals surface area contributed by atoms with Crippen LogP contribution in [0.4, 0.5) is 0 Å². The zero-order valence-corrected chi connectivity index (χ0v) is 9.87. The molecule has 2 rings (SSSR count). The number of nitrogens with zero attached hydrogens (tertiary/aromatic N) is 1. The van der Waals surface area contributed by atoms with E-state index in [2.05, 4.69) is 11.8 Å². The van der Waals surface area contributed by atoms with Gasteiger partial charge in [-0.15, -0.1) is 0 Å². The Morgan fingerprint density at radius 2 is 2.07 bits per heavy atom. The minimum atomic E-state index is 0.494. The summed E-state index contributed by atoms with van der Waals surface area (Å²) in [5, 5.41) is 0. The summed E-state index contributed by atoms with van der Waals surface area (Å²) < 4.78 is 0. The number of ketones is 1. The van der Waals surface area contributed by atoms with Gasteiger partial charge in [-0.25, -0.2) is 0 Å². The Bertz CT molecular complexity index is 223. The molecule has 0 saturated heterocycles. The number of hydrogen-bond acceptors (Lipinski definition) is 2. The van der Waals surface area contributed by atoms with Crippen molar-refractivity contribution in [2.24, 2.45) is 0 Å². The molecular formula is C13H23NO. The van der Waals surface area contributed by atoms with Crippen molar-refractivity contribution in [3.8, 4) is 0 Å². The van der Waals surface area contributed by atoms with Gasteiger partial charge in [0.1, 0.15) is 5.78 Å². The minimum absolute atomic E-state index is 0.494. The highest BCUT2D eigenvalue weighted by molar-refractivity contribution is 5.79. The first-order valence-corrected chi connectivity index (χ1v) is 6.58. The molecule has 2 heteroatoms. The molecule has 2 nitrogen and oxygen atoms in total. The van der Waals surface area contributed by atoms with E-state index in [9.17, 15) is 4.79 Å². The molecule has 0 aromatic carbocycles. The predicted molar refractivity (Wildman–Crippen MR) is 61.9 cm³/mol. The van der Waals surface area contributed by atoms with Crippen LogP contribution >= 0.6 is 0 Å². The molecule has 1 atom stereocenters. The zero-order chi connectivity index (χ0) is 10.7. The molecule has 0 N–H and O–H groups in total. The maximum absolute atomic E-state index is 11.5. The first-order valence-electron chi connectivity index (χ1n) is 6.58. The van der Waals surface area contributed by atoms with Crippen LogP contribution in [0.1, 0.15) is 58.3 Å². The smallest absolute Gasteiger partial charge is 0.134 e. The normalized spacial score (nSPS) is 27.3. The molecular weight excluding hydrogens is 186 g/mol. The Hall–Kier alpha value is -0.370.